The molecule has 0 aromatic carbocycles. The summed E-state index contributed by atoms with van der Waals surface area (Å²) in [5, 5.41) is 8.73. The van der Waals surface area contributed by atoms with Gasteiger partial charge in [-0.2, -0.15) is 5.10 Å². The number of hydrazine groups is 1. The Morgan fingerprint density at radius 2 is 2.05 bits per heavy atom. The zero-order valence-electron chi connectivity index (χ0n) is 14.0. The highest BCUT2D eigenvalue weighted by Gasteiger charge is 2.32. The van der Waals surface area contributed by atoms with Crippen LogP contribution < -0.4 is 0 Å². The van der Waals surface area contributed by atoms with Gasteiger partial charge in [0, 0.05) is 32.2 Å². The molecule has 1 aromatic rings. The van der Waals surface area contributed by atoms with E-state index in [-0.39, 0.29) is 6.09 Å². The minimum Gasteiger partial charge on any atom is -0.443 e. The lowest BCUT2D eigenvalue weighted by atomic mass is 10.2. The van der Waals surface area contributed by atoms with E-state index < -0.39 is 5.60 Å². The van der Waals surface area contributed by atoms with Crippen LogP contribution in [0.25, 0.3) is 0 Å². The van der Waals surface area contributed by atoms with Crippen LogP contribution in [0.2, 0.25) is 5.15 Å². The van der Waals surface area contributed by atoms with Crippen molar-refractivity contribution in [2.24, 2.45) is 7.05 Å². The van der Waals surface area contributed by atoms with E-state index in [1.54, 1.807) is 9.69 Å². The smallest absolute Gasteiger partial charge is 0.424 e. The van der Waals surface area contributed by atoms with Gasteiger partial charge in [-0.25, -0.2) is 14.8 Å². The first-order valence-electron chi connectivity index (χ1n) is 7.68. The van der Waals surface area contributed by atoms with Crippen molar-refractivity contribution in [1.82, 2.24) is 19.8 Å². The number of aryl methyl sites for hydroxylation is 2. The molecule has 1 aliphatic heterocycles. The van der Waals surface area contributed by atoms with Crippen LogP contribution in [0.1, 0.15) is 45.4 Å². The highest BCUT2D eigenvalue weighted by Crippen LogP contribution is 2.25. The van der Waals surface area contributed by atoms with Gasteiger partial charge in [0.2, 0.25) is 0 Å². The van der Waals surface area contributed by atoms with E-state index in [4.69, 9.17) is 16.3 Å². The van der Waals surface area contributed by atoms with E-state index in [1.165, 1.54) is 0 Å². The van der Waals surface area contributed by atoms with Crippen LogP contribution >= 0.6 is 11.6 Å². The van der Waals surface area contributed by atoms with E-state index in [0.717, 1.165) is 30.6 Å². The van der Waals surface area contributed by atoms with Crippen LogP contribution in [0.5, 0.6) is 0 Å². The predicted molar refractivity (Wildman–Crippen MR) is 85.6 cm³/mol. The number of hydrogen-bond donors (Lipinski definition) is 0. The van der Waals surface area contributed by atoms with Crippen molar-refractivity contribution in [2.45, 2.75) is 52.7 Å². The minimum absolute atomic E-state index is 0.303. The standard InChI is InChI=1S/C15H25ClN4O2/c1-6-12-11(13(16)18(5)17-12)10-19-8-7-9-20(19)14(21)22-15(2,3)4/h6-10H2,1-5H3. The van der Waals surface area contributed by atoms with E-state index in [9.17, 15) is 4.79 Å². The van der Waals surface area contributed by atoms with Gasteiger partial charge in [-0.05, 0) is 33.6 Å². The fraction of sp³-hybridized carbons (Fsp3) is 0.733. The SMILES string of the molecule is CCc1nn(C)c(Cl)c1CN1CCCN1C(=O)OC(C)(C)C. The van der Waals surface area contributed by atoms with Crippen LogP contribution in [0.4, 0.5) is 4.79 Å². The first-order chi connectivity index (χ1) is 10.2. The molecular weight excluding hydrogens is 304 g/mol. The van der Waals surface area contributed by atoms with Crippen molar-refractivity contribution in [1.29, 1.82) is 0 Å². The summed E-state index contributed by atoms with van der Waals surface area (Å²) in [6.07, 6.45) is 1.44. The minimum atomic E-state index is -0.494. The molecule has 0 saturated carbocycles. The van der Waals surface area contributed by atoms with Crippen molar-refractivity contribution < 1.29 is 9.53 Å². The molecule has 7 heteroatoms. The van der Waals surface area contributed by atoms with E-state index in [1.807, 2.05) is 32.8 Å². The van der Waals surface area contributed by atoms with E-state index in [0.29, 0.717) is 18.2 Å². The first kappa shape index (κ1) is 17.1. The molecule has 1 saturated heterocycles. The number of amides is 1. The summed E-state index contributed by atoms with van der Waals surface area (Å²) in [5.41, 5.74) is 1.47. The van der Waals surface area contributed by atoms with Gasteiger partial charge >= 0.3 is 6.09 Å². The molecular formula is C15H25ClN4O2. The zero-order valence-corrected chi connectivity index (χ0v) is 14.8. The normalized spacial score (nSPS) is 16.4. The Morgan fingerprint density at radius 1 is 1.36 bits per heavy atom. The van der Waals surface area contributed by atoms with Crippen molar-refractivity contribution in [3.8, 4) is 0 Å². The van der Waals surface area contributed by atoms with Gasteiger partial charge in [-0.15, -0.1) is 0 Å². The predicted octanol–water partition coefficient (Wildman–Crippen LogP) is 2.99. The number of ether oxygens (including phenoxy) is 1. The summed E-state index contributed by atoms with van der Waals surface area (Å²) in [7, 11) is 1.83. The average molecular weight is 329 g/mol. The number of carbonyl (C=O) groups excluding carboxylic acids is 1. The van der Waals surface area contributed by atoms with Crippen molar-refractivity contribution in [3.05, 3.63) is 16.4 Å². The maximum Gasteiger partial charge on any atom is 0.424 e. The molecule has 1 fully saturated rings. The van der Waals surface area contributed by atoms with Crippen LogP contribution in [-0.4, -0.2) is 44.6 Å². The molecule has 2 rings (SSSR count). The third-order valence-corrected chi connectivity index (χ3v) is 4.03. The molecule has 2 heterocycles. The Kier molecular flexibility index (Phi) is 5.02. The van der Waals surface area contributed by atoms with Gasteiger partial charge in [-0.3, -0.25) is 4.68 Å². The molecule has 0 N–H and O–H groups in total. The Labute approximate surface area is 136 Å². The lowest BCUT2D eigenvalue weighted by Crippen LogP contribution is -2.43. The molecule has 0 aliphatic carbocycles. The summed E-state index contributed by atoms with van der Waals surface area (Å²) < 4.78 is 7.16. The average Bonchev–Trinajstić information content (AvgIpc) is 2.97. The number of halogens is 1. The number of carbonyl (C=O) groups is 1. The number of hydrogen-bond acceptors (Lipinski definition) is 4. The maximum absolute atomic E-state index is 12.3. The quantitative estimate of drug-likeness (QED) is 0.856. The van der Waals surface area contributed by atoms with Gasteiger partial charge in [-0.1, -0.05) is 18.5 Å². The fourth-order valence-electron chi connectivity index (χ4n) is 2.57. The van der Waals surface area contributed by atoms with Gasteiger partial charge in [0.1, 0.15) is 10.8 Å². The van der Waals surface area contributed by atoms with Crippen LogP contribution in [-0.2, 0) is 24.8 Å². The zero-order chi connectivity index (χ0) is 16.5. The second kappa shape index (κ2) is 6.46. The number of rotatable bonds is 3. The summed E-state index contributed by atoms with van der Waals surface area (Å²) in [4.78, 5) is 12.3. The van der Waals surface area contributed by atoms with E-state index >= 15 is 0 Å². The molecule has 1 aliphatic rings. The molecule has 1 amide bonds. The van der Waals surface area contributed by atoms with Gasteiger partial charge in [0.25, 0.3) is 0 Å². The first-order valence-corrected chi connectivity index (χ1v) is 8.06. The second-order valence-corrected chi connectivity index (χ2v) is 6.90. The van der Waals surface area contributed by atoms with E-state index in [2.05, 4.69) is 12.0 Å². The highest BCUT2D eigenvalue weighted by molar-refractivity contribution is 6.30. The van der Waals surface area contributed by atoms with Gasteiger partial charge in [0.05, 0.1) is 5.69 Å². The van der Waals surface area contributed by atoms with Crippen molar-refractivity contribution in [3.63, 3.8) is 0 Å². The van der Waals surface area contributed by atoms with Crippen molar-refractivity contribution >= 4 is 17.7 Å². The van der Waals surface area contributed by atoms with Crippen LogP contribution in [0.15, 0.2) is 0 Å². The lowest BCUT2D eigenvalue weighted by Gasteiger charge is -2.30. The Hall–Kier alpha value is -1.27. The largest absolute Gasteiger partial charge is 0.443 e. The monoisotopic (exact) mass is 328 g/mol. The summed E-state index contributed by atoms with van der Waals surface area (Å²) in [6.45, 7) is 9.74. The van der Waals surface area contributed by atoms with Gasteiger partial charge < -0.3 is 4.74 Å². The molecule has 124 valence electrons. The topological polar surface area (TPSA) is 50.6 Å². The Bertz CT molecular complexity index is 550. The lowest BCUT2D eigenvalue weighted by molar-refractivity contribution is -0.0295. The third kappa shape index (κ3) is 3.73. The van der Waals surface area contributed by atoms with Gasteiger partial charge in [0.15, 0.2) is 0 Å². The van der Waals surface area contributed by atoms with Crippen LogP contribution in [0, 0.1) is 0 Å². The molecule has 0 atom stereocenters. The maximum atomic E-state index is 12.3. The summed E-state index contributed by atoms with van der Waals surface area (Å²) in [5.74, 6) is 0. The summed E-state index contributed by atoms with van der Waals surface area (Å²) >= 11 is 6.34. The number of nitrogens with zero attached hydrogens (tertiary/aromatic N) is 4. The Balaban J connectivity index is 2.13. The summed E-state index contributed by atoms with van der Waals surface area (Å²) in [6, 6.07) is 0. The molecule has 0 unspecified atom stereocenters. The molecule has 0 spiro atoms. The molecule has 0 radical (unpaired) electrons. The molecule has 1 aromatic heterocycles. The third-order valence-electron chi connectivity index (χ3n) is 3.56. The Morgan fingerprint density at radius 3 is 2.64 bits per heavy atom. The second-order valence-electron chi connectivity index (χ2n) is 6.54. The fourth-order valence-corrected chi connectivity index (χ4v) is 2.78. The molecule has 22 heavy (non-hydrogen) atoms. The molecule has 0 bridgehead atoms. The molecule has 6 nitrogen and oxygen atoms in total. The van der Waals surface area contributed by atoms with Crippen molar-refractivity contribution in [2.75, 3.05) is 13.1 Å². The number of aromatic nitrogens is 2. The van der Waals surface area contributed by atoms with Crippen LogP contribution in [0.3, 0.4) is 0 Å². The highest BCUT2D eigenvalue weighted by atomic mass is 35.5.